The summed E-state index contributed by atoms with van der Waals surface area (Å²) in [6.07, 6.45) is 5.76. The Hall–Kier alpha value is -0.870. The minimum atomic E-state index is 0.614. The van der Waals surface area contributed by atoms with Crippen molar-refractivity contribution >= 4 is 0 Å². The summed E-state index contributed by atoms with van der Waals surface area (Å²) < 4.78 is 2.15. The Bertz CT molecular complexity index is 270. The van der Waals surface area contributed by atoms with Crippen molar-refractivity contribution in [1.29, 1.82) is 0 Å². The molecule has 1 aromatic rings. The molecular weight excluding hydrogens is 176 g/mol. The molecule has 0 radical (unpaired) electrons. The lowest BCUT2D eigenvalue weighted by Gasteiger charge is -2.37. The van der Waals surface area contributed by atoms with Gasteiger partial charge in [-0.15, -0.1) is 0 Å². The predicted molar refractivity (Wildman–Crippen MR) is 56.1 cm³/mol. The molecule has 14 heavy (non-hydrogen) atoms. The number of hydrogen-bond acceptors (Lipinski definition) is 3. The second kappa shape index (κ2) is 4.11. The third-order valence-corrected chi connectivity index (χ3v) is 2.96. The van der Waals surface area contributed by atoms with Crippen LogP contribution in [0.5, 0.6) is 0 Å². The maximum atomic E-state index is 4.06. The summed E-state index contributed by atoms with van der Waals surface area (Å²) in [7, 11) is 4.39. The highest BCUT2D eigenvalue weighted by atomic mass is 15.3. The second-order valence-corrected chi connectivity index (χ2v) is 4.16. The Balaban J connectivity index is 1.95. The van der Waals surface area contributed by atoms with Crippen molar-refractivity contribution in [3.63, 3.8) is 0 Å². The smallest absolute Gasteiger partial charge is 0.0946 e. The third kappa shape index (κ3) is 2.13. The molecule has 1 aromatic heterocycles. The maximum absolute atomic E-state index is 4.06. The lowest BCUT2D eigenvalue weighted by Crippen LogP contribution is -2.51. The summed E-state index contributed by atoms with van der Waals surface area (Å²) in [5.74, 6) is 0. The number of hydrogen-bond donors (Lipinski definition) is 0. The van der Waals surface area contributed by atoms with Gasteiger partial charge in [0.05, 0.1) is 6.33 Å². The van der Waals surface area contributed by atoms with E-state index in [1.54, 1.807) is 0 Å². The Morgan fingerprint density at radius 2 is 2.21 bits per heavy atom. The Morgan fingerprint density at radius 1 is 1.36 bits per heavy atom. The van der Waals surface area contributed by atoms with E-state index >= 15 is 0 Å². The number of nitrogens with zero attached hydrogens (tertiary/aromatic N) is 4. The molecule has 0 saturated carbocycles. The Labute approximate surface area is 85.1 Å². The molecule has 2 heterocycles. The normalized spacial score (nSPS) is 25.4. The molecule has 2 rings (SSSR count). The van der Waals surface area contributed by atoms with E-state index in [4.69, 9.17) is 0 Å². The van der Waals surface area contributed by atoms with Gasteiger partial charge in [0, 0.05) is 44.6 Å². The van der Waals surface area contributed by atoms with Crippen LogP contribution in [-0.2, 0) is 6.54 Å². The van der Waals surface area contributed by atoms with E-state index in [0.717, 1.165) is 19.6 Å². The van der Waals surface area contributed by atoms with Gasteiger partial charge in [-0.2, -0.15) is 0 Å². The zero-order chi connectivity index (χ0) is 9.97. The van der Waals surface area contributed by atoms with Gasteiger partial charge in [-0.25, -0.2) is 4.98 Å². The number of likely N-dealkylation sites (N-methyl/N-ethyl adjacent to an activating group) is 2. The zero-order valence-corrected chi connectivity index (χ0v) is 8.93. The molecule has 78 valence electrons. The van der Waals surface area contributed by atoms with Crippen molar-refractivity contribution in [1.82, 2.24) is 19.4 Å². The van der Waals surface area contributed by atoms with Crippen LogP contribution in [0.2, 0.25) is 0 Å². The molecule has 1 fully saturated rings. The second-order valence-electron chi connectivity index (χ2n) is 4.16. The van der Waals surface area contributed by atoms with Gasteiger partial charge < -0.3 is 9.47 Å². The van der Waals surface area contributed by atoms with Crippen LogP contribution < -0.4 is 0 Å². The van der Waals surface area contributed by atoms with Gasteiger partial charge in [-0.3, -0.25) is 4.90 Å². The average Bonchev–Trinajstić information content (AvgIpc) is 2.64. The van der Waals surface area contributed by atoms with Crippen LogP contribution >= 0.6 is 0 Å². The van der Waals surface area contributed by atoms with E-state index in [2.05, 4.69) is 33.4 Å². The fourth-order valence-electron chi connectivity index (χ4n) is 1.94. The number of rotatable bonds is 2. The monoisotopic (exact) mass is 194 g/mol. The third-order valence-electron chi connectivity index (χ3n) is 2.96. The summed E-state index contributed by atoms with van der Waals surface area (Å²) in [5, 5.41) is 0. The van der Waals surface area contributed by atoms with Crippen molar-refractivity contribution in [2.24, 2.45) is 0 Å². The molecule has 0 aromatic carbocycles. The van der Waals surface area contributed by atoms with Crippen LogP contribution in [0, 0.1) is 0 Å². The van der Waals surface area contributed by atoms with Gasteiger partial charge in [-0.05, 0) is 14.1 Å². The molecule has 4 nitrogen and oxygen atoms in total. The largest absolute Gasteiger partial charge is 0.336 e. The number of aromatic nitrogens is 2. The molecule has 0 bridgehead atoms. The summed E-state index contributed by atoms with van der Waals surface area (Å²) in [6.45, 7) is 4.53. The predicted octanol–water partition coefficient (Wildman–Crippen LogP) is 0.129. The first-order valence-corrected chi connectivity index (χ1v) is 5.10. The van der Waals surface area contributed by atoms with Crippen molar-refractivity contribution < 1.29 is 0 Å². The molecule has 0 N–H and O–H groups in total. The van der Waals surface area contributed by atoms with E-state index in [1.165, 1.54) is 6.54 Å². The fourth-order valence-corrected chi connectivity index (χ4v) is 1.94. The molecular formula is C10H18N4. The zero-order valence-electron chi connectivity index (χ0n) is 8.93. The summed E-state index contributed by atoms with van der Waals surface area (Å²) in [4.78, 5) is 8.88. The summed E-state index contributed by atoms with van der Waals surface area (Å²) in [6, 6.07) is 0.614. The molecule has 1 atom stereocenters. The van der Waals surface area contributed by atoms with Gasteiger partial charge in [0.2, 0.25) is 0 Å². The van der Waals surface area contributed by atoms with Crippen LogP contribution in [0.4, 0.5) is 0 Å². The molecule has 0 amide bonds. The van der Waals surface area contributed by atoms with E-state index < -0.39 is 0 Å². The molecule has 1 aliphatic rings. The van der Waals surface area contributed by atoms with Gasteiger partial charge in [-0.1, -0.05) is 0 Å². The number of imidazole rings is 1. The minimum Gasteiger partial charge on any atom is -0.336 e. The fraction of sp³-hybridized carbons (Fsp3) is 0.700. The topological polar surface area (TPSA) is 24.3 Å². The van der Waals surface area contributed by atoms with Crippen LogP contribution in [0.15, 0.2) is 18.7 Å². The van der Waals surface area contributed by atoms with Crippen molar-refractivity contribution in [2.75, 3.05) is 33.7 Å². The van der Waals surface area contributed by atoms with Gasteiger partial charge in [0.15, 0.2) is 0 Å². The van der Waals surface area contributed by atoms with Crippen molar-refractivity contribution in [3.05, 3.63) is 18.7 Å². The van der Waals surface area contributed by atoms with Crippen LogP contribution in [0.1, 0.15) is 0 Å². The van der Waals surface area contributed by atoms with E-state index in [9.17, 15) is 0 Å². The van der Waals surface area contributed by atoms with E-state index in [1.807, 2.05) is 18.7 Å². The lowest BCUT2D eigenvalue weighted by molar-refractivity contribution is 0.103. The highest BCUT2D eigenvalue weighted by Gasteiger charge is 2.21. The quantitative estimate of drug-likeness (QED) is 0.669. The van der Waals surface area contributed by atoms with Crippen molar-refractivity contribution in [3.8, 4) is 0 Å². The van der Waals surface area contributed by atoms with Gasteiger partial charge in [0.1, 0.15) is 0 Å². The first kappa shape index (κ1) is 9.68. The van der Waals surface area contributed by atoms with Crippen LogP contribution in [0.25, 0.3) is 0 Å². The van der Waals surface area contributed by atoms with Gasteiger partial charge >= 0.3 is 0 Å². The SMILES string of the molecule is CN1CCN(C)[C@@H](Cn2ccnc2)C1. The molecule has 0 unspecified atom stereocenters. The van der Waals surface area contributed by atoms with E-state index in [0.29, 0.717) is 6.04 Å². The van der Waals surface area contributed by atoms with Crippen LogP contribution in [0.3, 0.4) is 0 Å². The standard InChI is InChI=1S/C10H18N4/c1-12-5-6-13(2)10(7-12)8-14-4-3-11-9-14/h3-4,9-10H,5-8H2,1-2H3/t10-/m1/s1. The molecule has 1 aliphatic heterocycles. The average molecular weight is 194 g/mol. The summed E-state index contributed by atoms with van der Waals surface area (Å²) >= 11 is 0. The van der Waals surface area contributed by atoms with E-state index in [-0.39, 0.29) is 0 Å². The first-order chi connectivity index (χ1) is 6.75. The first-order valence-electron chi connectivity index (χ1n) is 5.10. The molecule has 0 aliphatic carbocycles. The van der Waals surface area contributed by atoms with Crippen LogP contribution in [-0.4, -0.2) is 59.1 Å². The maximum Gasteiger partial charge on any atom is 0.0946 e. The molecule has 0 spiro atoms. The Kier molecular flexibility index (Phi) is 2.84. The van der Waals surface area contributed by atoms with Crippen molar-refractivity contribution in [2.45, 2.75) is 12.6 Å². The lowest BCUT2D eigenvalue weighted by atomic mass is 10.2. The Morgan fingerprint density at radius 3 is 2.93 bits per heavy atom. The highest BCUT2D eigenvalue weighted by Crippen LogP contribution is 2.07. The molecule has 1 saturated heterocycles. The number of piperazine rings is 1. The summed E-state index contributed by atoms with van der Waals surface area (Å²) in [5.41, 5.74) is 0. The highest BCUT2D eigenvalue weighted by molar-refractivity contribution is 4.82. The minimum absolute atomic E-state index is 0.614. The van der Waals surface area contributed by atoms with Gasteiger partial charge in [0.25, 0.3) is 0 Å². The molecule has 4 heteroatoms.